The second-order valence-electron chi connectivity index (χ2n) is 5.21. The molecular weight excluding hydrogens is 258 g/mol. The van der Waals surface area contributed by atoms with Crippen molar-refractivity contribution in [3.05, 3.63) is 0 Å². The quantitative estimate of drug-likeness (QED) is 0.729. The molecule has 112 valence electrons. The zero-order chi connectivity index (χ0) is 13.9. The summed E-state index contributed by atoms with van der Waals surface area (Å²) in [5.41, 5.74) is 0. The SMILES string of the molecule is CCCNC1CCCCCCC1SCC(=O)OCC. The third-order valence-corrected chi connectivity index (χ3v) is 4.97. The monoisotopic (exact) mass is 287 g/mol. The fraction of sp³-hybridized carbons (Fsp3) is 0.933. The Balaban J connectivity index is 2.43. The van der Waals surface area contributed by atoms with Gasteiger partial charge in [-0.25, -0.2) is 0 Å². The summed E-state index contributed by atoms with van der Waals surface area (Å²) in [7, 11) is 0. The Morgan fingerprint density at radius 1 is 1.21 bits per heavy atom. The van der Waals surface area contributed by atoms with Crippen LogP contribution in [0.1, 0.15) is 58.8 Å². The maximum absolute atomic E-state index is 11.5. The predicted molar refractivity (Wildman–Crippen MR) is 82.7 cm³/mol. The van der Waals surface area contributed by atoms with E-state index in [0.29, 0.717) is 23.7 Å². The van der Waals surface area contributed by atoms with Gasteiger partial charge < -0.3 is 10.1 Å². The number of rotatable bonds is 7. The number of carbonyl (C=O) groups is 1. The lowest BCUT2D eigenvalue weighted by atomic mass is 9.96. The van der Waals surface area contributed by atoms with Crippen LogP contribution < -0.4 is 5.32 Å². The van der Waals surface area contributed by atoms with E-state index in [1.807, 2.05) is 6.92 Å². The van der Waals surface area contributed by atoms with Crippen LogP contribution >= 0.6 is 11.8 Å². The highest BCUT2D eigenvalue weighted by molar-refractivity contribution is 8.00. The Kier molecular flexibility index (Phi) is 9.35. The third kappa shape index (κ3) is 7.21. The van der Waals surface area contributed by atoms with Crippen LogP contribution in [-0.4, -0.2) is 36.2 Å². The highest BCUT2D eigenvalue weighted by Crippen LogP contribution is 2.27. The lowest BCUT2D eigenvalue weighted by molar-refractivity contribution is -0.139. The van der Waals surface area contributed by atoms with Gasteiger partial charge in [-0.3, -0.25) is 4.79 Å². The number of hydrogen-bond donors (Lipinski definition) is 1. The van der Waals surface area contributed by atoms with Crippen LogP contribution in [0.3, 0.4) is 0 Å². The van der Waals surface area contributed by atoms with Crippen LogP contribution in [-0.2, 0) is 9.53 Å². The molecule has 1 N–H and O–H groups in total. The maximum atomic E-state index is 11.5. The first kappa shape index (κ1) is 16.8. The molecule has 0 aromatic rings. The first-order valence-corrected chi connectivity index (χ1v) is 8.83. The van der Waals surface area contributed by atoms with Gasteiger partial charge in [0, 0.05) is 11.3 Å². The molecule has 1 aliphatic carbocycles. The average molecular weight is 287 g/mol. The second-order valence-corrected chi connectivity index (χ2v) is 6.43. The first-order chi connectivity index (χ1) is 9.27. The molecule has 2 unspecified atom stereocenters. The highest BCUT2D eigenvalue weighted by Gasteiger charge is 2.23. The molecule has 0 radical (unpaired) electrons. The molecule has 19 heavy (non-hydrogen) atoms. The van der Waals surface area contributed by atoms with E-state index in [1.165, 1.54) is 44.9 Å². The van der Waals surface area contributed by atoms with Gasteiger partial charge in [-0.05, 0) is 32.7 Å². The highest BCUT2D eigenvalue weighted by atomic mass is 32.2. The van der Waals surface area contributed by atoms with E-state index < -0.39 is 0 Å². The number of thioether (sulfide) groups is 1. The Hall–Kier alpha value is -0.220. The third-order valence-electron chi connectivity index (χ3n) is 3.58. The first-order valence-electron chi connectivity index (χ1n) is 7.78. The van der Waals surface area contributed by atoms with Crippen LogP contribution in [0.25, 0.3) is 0 Å². The van der Waals surface area contributed by atoms with E-state index in [-0.39, 0.29) is 5.97 Å². The lowest BCUT2D eigenvalue weighted by Crippen LogP contribution is -2.39. The standard InChI is InChI=1S/C15H29NO2S/c1-3-11-16-13-9-7-5-6-8-10-14(13)19-12-15(17)18-4-2/h13-14,16H,3-12H2,1-2H3. The summed E-state index contributed by atoms with van der Waals surface area (Å²) in [6, 6.07) is 0.569. The zero-order valence-electron chi connectivity index (χ0n) is 12.5. The Labute approximate surface area is 122 Å². The fourth-order valence-electron chi connectivity index (χ4n) is 2.59. The average Bonchev–Trinajstić information content (AvgIpc) is 2.37. The van der Waals surface area contributed by atoms with Crippen molar-refractivity contribution < 1.29 is 9.53 Å². The van der Waals surface area contributed by atoms with E-state index >= 15 is 0 Å². The fourth-order valence-corrected chi connectivity index (χ4v) is 3.82. The molecule has 3 nitrogen and oxygen atoms in total. The normalized spacial score (nSPS) is 24.5. The van der Waals surface area contributed by atoms with Crippen LogP contribution in [0.15, 0.2) is 0 Å². The topological polar surface area (TPSA) is 38.3 Å². The van der Waals surface area contributed by atoms with Crippen LogP contribution in [0.5, 0.6) is 0 Å². The van der Waals surface area contributed by atoms with Gasteiger partial charge in [0.25, 0.3) is 0 Å². The largest absolute Gasteiger partial charge is 0.465 e. The molecule has 0 amide bonds. The summed E-state index contributed by atoms with van der Waals surface area (Å²) in [4.78, 5) is 11.5. The van der Waals surface area contributed by atoms with Gasteiger partial charge in [0.2, 0.25) is 0 Å². The smallest absolute Gasteiger partial charge is 0.315 e. The maximum Gasteiger partial charge on any atom is 0.315 e. The summed E-state index contributed by atoms with van der Waals surface area (Å²) in [6.45, 7) is 5.64. The molecule has 0 heterocycles. The van der Waals surface area contributed by atoms with Crippen LogP contribution in [0, 0.1) is 0 Å². The number of hydrogen-bond acceptors (Lipinski definition) is 4. The van der Waals surface area contributed by atoms with Gasteiger partial charge in [0.1, 0.15) is 0 Å². The van der Waals surface area contributed by atoms with Gasteiger partial charge in [-0.2, -0.15) is 0 Å². The lowest BCUT2D eigenvalue weighted by Gasteiger charge is -2.29. The Morgan fingerprint density at radius 2 is 1.95 bits per heavy atom. The van der Waals surface area contributed by atoms with Crippen molar-refractivity contribution in [2.75, 3.05) is 18.9 Å². The molecule has 1 fully saturated rings. The summed E-state index contributed by atoms with van der Waals surface area (Å²) in [5, 5.41) is 4.24. The van der Waals surface area contributed by atoms with Gasteiger partial charge in [0.15, 0.2) is 0 Å². The second kappa shape index (κ2) is 10.6. The molecule has 0 aromatic carbocycles. The van der Waals surface area contributed by atoms with Gasteiger partial charge in [0.05, 0.1) is 12.4 Å². The zero-order valence-corrected chi connectivity index (χ0v) is 13.3. The summed E-state index contributed by atoms with van der Waals surface area (Å²) >= 11 is 1.79. The van der Waals surface area contributed by atoms with Gasteiger partial charge in [-0.15, -0.1) is 11.8 Å². The van der Waals surface area contributed by atoms with E-state index in [2.05, 4.69) is 12.2 Å². The van der Waals surface area contributed by atoms with Crippen molar-refractivity contribution in [3.8, 4) is 0 Å². The van der Waals surface area contributed by atoms with E-state index in [9.17, 15) is 4.79 Å². The number of ether oxygens (including phenoxy) is 1. The number of nitrogens with one attached hydrogen (secondary N) is 1. The molecule has 0 saturated heterocycles. The molecule has 4 heteroatoms. The van der Waals surface area contributed by atoms with E-state index in [4.69, 9.17) is 4.74 Å². The Bertz CT molecular complexity index is 246. The minimum Gasteiger partial charge on any atom is -0.465 e. The molecule has 0 bridgehead atoms. The molecule has 0 spiro atoms. The van der Waals surface area contributed by atoms with E-state index in [0.717, 1.165) is 6.54 Å². The molecular formula is C15H29NO2S. The van der Waals surface area contributed by atoms with Crippen molar-refractivity contribution in [2.45, 2.75) is 70.1 Å². The predicted octanol–water partition coefficient (Wildman–Crippen LogP) is 3.37. The molecule has 1 aliphatic rings. The van der Waals surface area contributed by atoms with Crippen molar-refractivity contribution >= 4 is 17.7 Å². The minimum absolute atomic E-state index is 0.0659. The number of carbonyl (C=O) groups excluding carboxylic acids is 1. The number of esters is 1. The molecule has 2 atom stereocenters. The van der Waals surface area contributed by atoms with E-state index in [1.54, 1.807) is 11.8 Å². The summed E-state index contributed by atoms with van der Waals surface area (Å²) in [5.74, 6) is 0.437. The van der Waals surface area contributed by atoms with Crippen molar-refractivity contribution in [1.82, 2.24) is 5.32 Å². The molecule has 1 saturated carbocycles. The van der Waals surface area contributed by atoms with Crippen molar-refractivity contribution in [1.29, 1.82) is 0 Å². The molecule has 1 rings (SSSR count). The molecule has 0 aromatic heterocycles. The molecule has 0 aliphatic heterocycles. The van der Waals surface area contributed by atoms with Gasteiger partial charge in [-0.1, -0.05) is 32.6 Å². The van der Waals surface area contributed by atoms with Crippen LogP contribution in [0.4, 0.5) is 0 Å². The summed E-state index contributed by atoms with van der Waals surface area (Å²) in [6.07, 6.45) is 8.97. The minimum atomic E-state index is -0.0659. The van der Waals surface area contributed by atoms with Crippen molar-refractivity contribution in [3.63, 3.8) is 0 Å². The van der Waals surface area contributed by atoms with Crippen LogP contribution in [0.2, 0.25) is 0 Å². The van der Waals surface area contributed by atoms with Gasteiger partial charge >= 0.3 is 5.97 Å². The Morgan fingerprint density at radius 3 is 2.63 bits per heavy atom. The van der Waals surface area contributed by atoms with Crippen molar-refractivity contribution in [2.24, 2.45) is 0 Å². The summed E-state index contributed by atoms with van der Waals surface area (Å²) < 4.78 is 5.03.